The normalized spacial score (nSPS) is 11.8. The summed E-state index contributed by atoms with van der Waals surface area (Å²) in [5.41, 5.74) is 10.4. The van der Waals surface area contributed by atoms with Gasteiger partial charge < -0.3 is 8.83 Å². The minimum absolute atomic E-state index is 0. The SMILES string of the molecule is Cc1ccc(-c2cc3c(-c4ccc(C(C)(C)C)cc4)cccc3[cH-]2)o1.Cc1ccc(-c2cc3c(-c4ccc(C(C)(C)C)cc4)cccc3[cH-]2)o1.[Hf]. The monoisotopic (exact) mass is 834 g/mol. The third-order valence-electron chi connectivity index (χ3n) is 9.68. The van der Waals surface area contributed by atoms with E-state index in [9.17, 15) is 0 Å². The van der Waals surface area contributed by atoms with Crippen molar-refractivity contribution in [2.24, 2.45) is 0 Å². The molecule has 0 fully saturated rings. The van der Waals surface area contributed by atoms with E-state index in [2.05, 4.69) is 151 Å². The average molecular weight is 833 g/mol. The number of fused-ring (bicyclic) bond motifs is 2. The molecule has 0 atom stereocenters. The fraction of sp³-hybridized carbons (Fsp3) is 0.208. The van der Waals surface area contributed by atoms with Crippen LogP contribution in [0.1, 0.15) is 64.2 Å². The van der Waals surface area contributed by atoms with E-state index in [-0.39, 0.29) is 36.7 Å². The second kappa shape index (κ2) is 14.3. The number of hydrogen-bond donors (Lipinski definition) is 0. The van der Waals surface area contributed by atoms with Crippen molar-refractivity contribution in [2.75, 3.05) is 0 Å². The Balaban J connectivity index is 0.000000172. The first-order valence-corrected chi connectivity index (χ1v) is 17.6. The largest absolute Gasteiger partial charge is 0.496 e. The second-order valence-electron chi connectivity index (χ2n) is 15.6. The van der Waals surface area contributed by atoms with E-state index in [1.807, 2.05) is 38.1 Å². The molecule has 2 nitrogen and oxygen atoms in total. The number of rotatable bonds is 4. The molecule has 6 aromatic carbocycles. The zero-order valence-electron chi connectivity index (χ0n) is 31.0. The Morgan fingerprint density at radius 1 is 0.451 bits per heavy atom. The van der Waals surface area contributed by atoms with Crippen LogP contribution in [0.5, 0.6) is 0 Å². The Hall–Kier alpha value is -4.47. The first-order chi connectivity index (χ1) is 23.8. The second-order valence-corrected chi connectivity index (χ2v) is 15.6. The molecule has 0 aliphatic rings. The smallest absolute Gasteiger partial charge is 0.0896 e. The van der Waals surface area contributed by atoms with Gasteiger partial charge in [-0.1, -0.05) is 137 Å². The van der Waals surface area contributed by atoms with E-state index in [4.69, 9.17) is 8.83 Å². The third kappa shape index (κ3) is 7.75. The molecule has 0 bridgehead atoms. The predicted molar refractivity (Wildman–Crippen MR) is 212 cm³/mol. The molecule has 0 aliphatic carbocycles. The summed E-state index contributed by atoms with van der Waals surface area (Å²) in [5.74, 6) is 3.75. The Morgan fingerprint density at radius 3 is 1.14 bits per heavy atom. The molecule has 256 valence electrons. The molecule has 0 radical (unpaired) electrons. The minimum Gasteiger partial charge on any atom is -0.496 e. The topological polar surface area (TPSA) is 26.3 Å². The summed E-state index contributed by atoms with van der Waals surface area (Å²) in [5, 5.41) is 5.05. The van der Waals surface area contributed by atoms with Gasteiger partial charge in [-0.25, -0.2) is 0 Å². The van der Waals surface area contributed by atoms with Gasteiger partial charge >= 0.3 is 0 Å². The molecule has 0 saturated carbocycles. The van der Waals surface area contributed by atoms with Crippen LogP contribution in [0.2, 0.25) is 0 Å². The van der Waals surface area contributed by atoms with Crippen LogP contribution in [0.25, 0.3) is 66.4 Å². The summed E-state index contributed by atoms with van der Waals surface area (Å²) in [6.07, 6.45) is 0. The molecule has 0 N–H and O–H groups in total. The summed E-state index contributed by atoms with van der Waals surface area (Å²) in [6.45, 7) is 17.4. The van der Waals surface area contributed by atoms with Gasteiger partial charge in [-0.3, -0.25) is 0 Å². The fourth-order valence-electron chi connectivity index (χ4n) is 6.74. The van der Waals surface area contributed by atoms with Crippen LogP contribution in [0.15, 0.2) is 142 Å². The molecule has 8 aromatic rings. The van der Waals surface area contributed by atoms with Gasteiger partial charge in [-0.2, -0.15) is 0 Å². The van der Waals surface area contributed by atoms with Gasteiger partial charge in [0.05, 0.1) is 23.0 Å². The maximum absolute atomic E-state index is 5.80. The van der Waals surface area contributed by atoms with E-state index in [0.717, 1.165) is 34.2 Å². The first-order valence-electron chi connectivity index (χ1n) is 17.6. The van der Waals surface area contributed by atoms with Gasteiger partial charge in [0.25, 0.3) is 0 Å². The van der Waals surface area contributed by atoms with Crippen molar-refractivity contribution in [3.05, 3.63) is 156 Å². The predicted octanol–water partition coefficient (Wildman–Crippen LogP) is 14.2. The van der Waals surface area contributed by atoms with Gasteiger partial charge in [0.2, 0.25) is 0 Å². The maximum Gasteiger partial charge on any atom is 0.0896 e. The minimum atomic E-state index is 0. The van der Waals surface area contributed by atoms with Gasteiger partial charge in [0.1, 0.15) is 0 Å². The Morgan fingerprint density at radius 2 is 0.824 bits per heavy atom. The quantitative estimate of drug-likeness (QED) is 0.130. The van der Waals surface area contributed by atoms with Crippen molar-refractivity contribution in [2.45, 2.75) is 66.2 Å². The Kier molecular flexibility index (Phi) is 10.2. The van der Waals surface area contributed by atoms with E-state index >= 15 is 0 Å². The summed E-state index contributed by atoms with van der Waals surface area (Å²) in [6, 6.07) is 47.9. The van der Waals surface area contributed by atoms with Gasteiger partial charge in [0, 0.05) is 25.8 Å². The molecule has 0 aliphatic heterocycles. The van der Waals surface area contributed by atoms with Gasteiger partial charge in [0.15, 0.2) is 0 Å². The van der Waals surface area contributed by atoms with Crippen LogP contribution in [0.4, 0.5) is 0 Å². The maximum atomic E-state index is 5.80. The van der Waals surface area contributed by atoms with Gasteiger partial charge in [-0.05, 0) is 71.2 Å². The van der Waals surface area contributed by atoms with Crippen molar-refractivity contribution in [1.82, 2.24) is 0 Å². The van der Waals surface area contributed by atoms with Crippen LogP contribution in [0, 0.1) is 13.8 Å². The Bertz CT molecular complexity index is 2220. The molecule has 2 aromatic heterocycles. The molecule has 0 amide bonds. The number of hydrogen-bond acceptors (Lipinski definition) is 2. The average Bonchev–Trinajstić information content (AvgIpc) is 3.90. The first kappa shape index (κ1) is 36.3. The molecule has 0 spiro atoms. The van der Waals surface area contributed by atoms with Crippen LogP contribution in [0.3, 0.4) is 0 Å². The third-order valence-corrected chi connectivity index (χ3v) is 9.68. The van der Waals surface area contributed by atoms with Crippen LogP contribution in [-0.2, 0) is 36.7 Å². The van der Waals surface area contributed by atoms with Crippen molar-refractivity contribution >= 4 is 21.5 Å². The molecule has 3 heteroatoms. The number of benzene rings is 4. The molecule has 0 saturated heterocycles. The zero-order chi connectivity index (χ0) is 35.2. The molecular formula is C48H46HfO2-2. The van der Waals surface area contributed by atoms with Crippen LogP contribution in [-0.4, -0.2) is 0 Å². The fourth-order valence-corrected chi connectivity index (χ4v) is 6.74. The van der Waals surface area contributed by atoms with Crippen molar-refractivity contribution < 1.29 is 34.7 Å². The molecular weight excluding hydrogens is 787 g/mol. The van der Waals surface area contributed by atoms with Crippen molar-refractivity contribution in [3.63, 3.8) is 0 Å². The summed E-state index contributed by atoms with van der Waals surface area (Å²) in [7, 11) is 0. The molecule has 51 heavy (non-hydrogen) atoms. The summed E-state index contributed by atoms with van der Waals surface area (Å²) < 4.78 is 11.6. The van der Waals surface area contributed by atoms with Crippen molar-refractivity contribution in [1.29, 1.82) is 0 Å². The van der Waals surface area contributed by atoms with E-state index < -0.39 is 0 Å². The molecule has 2 heterocycles. The number of aryl methyl sites for hydroxylation is 2. The Labute approximate surface area is 321 Å². The van der Waals surface area contributed by atoms with E-state index in [1.54, 1.807) is 0 Å². The van der Waals surface area contributed by atoms with E-state index in [0.29, 0.717) is 0 Å². The van der Waals surface area contributed by atoms with Crippen molar-refractivity contribution in [3.8, 4) is 44.9 Å². The molecule has 8 rings (SSSR count). The standard InChI is InChI=1S/2C24H23O.Hf/c2*1-16-8-13-23(25-16)19-14-18-6-5-7-21(22(18)15-19)17-9-11-20(12-10-17)24(2,3)4;/h2*5-15H,1-4H3;/q2*-1;. The number of furan rings is 2. The van der Waals surface area contributed by atoms with Crippen LogP contribution >= 0.6 is 0 Å². The van der Waals surface area contributed by atoms with Crippen LogP contribution < -0.4 is 0 Å². The van der Waals surface area contributed by atoms with E-state index in [1.165, 1.54) is 54.9 Å². The zero-order valence-corrected chi connectivity index (χ0v) is 34.6. The van der Waals surface area contributed by atoms with Gasteiger partial charge in [-0.15, -0.1) is 57.9 Å². The summed E-state index contributed by atoms with van der Waals surface area (Å²) in [4.78, 5) is 0. The molecule has 0 unspecified atom stereocenters. The summed E-state index contributed by atoms with van der Waals surface area (Å²) >= 11 is 0.